The number of halogens is 1. The Hall–Kier alpha value is -2.49. The fraction of sp³-hybridized carbons (Fsp3) is 0.474. The number of aryl methyl sites for hydroxylation is 1. The Morgan fingerprint density at radius 3 is 2.61 bits per heavy atom. The number of anilines is 1. The van der Waals surface area contributed by atoms with E-state index < -0.39 is 6.10 Å². The van der Waals surface area contributed by atoms with Gasteiger partial charge in [-0.05, 0) is 31.2 Å². The Morgan fingerprint density at radius 1 is 1.29 bits per heavy atom. The van der Waals surface area contributed by atoms with Crippen LogP contribution in [0, 0.1) is 12.7 Å². The van der Waals surface area contributed by atoms with Crippen LogP contribution >= 0.6 is 0 Å². The fourth-order valence-corrected chi connectivity index (χ4v) is 3.01. The lowest BCUT2D eigenvalue weighted by Gasteiger charge is -2.35. The maximum atomic E-state index is 12.9. The molecule has 9 heteroatoms. The van der Waals surface area contributed by atoms with Crippen molar-refractivity contribution in [2.45, 2.75) is 13.0 Å². The summed E-state index contributed by atoms with van der Waals surface area (Å²) in [5.41, 5.74) is 0. The van der Waals surface area contributed by atoms with Gasteiger partial charge >= 0.3 is 0 Å². The fourth-order valence-electron chi connectivity index (χ4n) is 3.01. The molecular weight excluding hydrogens is 367 g/mol. The summed E-state index contributed by atoms with van der Waals surface area (Å²) in [6.07, 6.45) is -0.643. The van der Waals surface area contributed by atoms with E-state index in [1.165, 1.54) is 24.3 Å². The van der Waals surface area contributed by atoms with E-state index in [1.807, 2.05) is 0 Å². The standard InChI is InChI=1S/C19H25FN4O4/c1-14-10-18(22-28-14)21-19(26)12-24-8-6-23(7-9-24)11-16(25)13-27-17-4-2-15(20)3-5-17/h2-5,10,16,25H,6-9,11-13H2,1H3,(H,21,22,26)/t16-/m1/s1. The second kappa shape index (κ2) is 9.63. The van der Waals surface area contributed by atoms with E-state index in [0.29, 0.717) is 23.9 Å². The van der Waals surface area contributed by atoms with Crippen LogP contribution in [0.4, 0.5) is 10.2 Å². The first-order valence-corrected chi connectivity index (χ1v) is 9.22. The van der Waals surface area contributed by atoms with Crippen molar-refractivity contribution in [2.24, 2.45) is 0 Å². The number of ether oxygens (including phenoxy) is 1. The van der Waals surface area contributed by atoms with Gasteiger partial charge in [-0.15, -0.1) is 0 Å². The summed E-state index contributed by atoms with van der Waals surface area (Å²) in [6.45, 7) is 5.66. The number of hydrogen-bond donors (Lipinski definition) is 2. The van der Waals surface area contributed by atoms with Crippen LogP contribution in [0.25, 0.3) is 0 Å². The van der Waals surface area contributed by atoms with E-state index in [9.17, 15) is 14.3 Å². The van der Waals surface area contributed by atoms with Crippen LogP contribution in [0.5, 0.6) is 5.75 Å². The number of nitrogens with zero attached hydrogens (tertiary/aromatic N) is 3. The number of aliphatic hydroxyl groups is 1. The molecule has 1 aromatic carbocycles. The Bertz CT molecular complexity index is 760. The van der Waals surface area contributed by atoms with Crippen LogP contribution in [-0.2, 0) is 4.79 Å². The smallest absolute Gasteiger partial charge is 0.239 e. The maximum absolute atomic E-state index is 12.9. The third kappa shape index (κ3) is 6.29. The molecule has 152 valence electrons. The van der Waals surface area contributed by atoms with Crippen molar-refractivity contribution < 1.29 is 23.6 Å². The predicted octanol–water partition coefficient (Wildman–Crippen LogP) is 1.12. The lowest BCUT2D eigenvalue weighted by Crippen LogP contribution is -2.50. The zero-order valence-electron chi connectivity index (χ0n) is 15.8. The first-order valence-electron chi connectivity index (χ1n) is 9.22. The Labute approximate surface area is 162 Å². The summed E-state index contributed by atoms with van der Waals surface area (Å²) in [7, 11) is 0. The van der Waals surface area contributed by atoms with Crippen molar-refractivity contribution in [1.82, 2.24) is 15.0 Å². The van der Waals surface area contributed by atoms with E-state index >= 15 is 0 Å². The first kappa shape index (κ1) is 20.2. The van der Waals surface area contributed by atoms with E-state index in [4.69, 9.17) is 9.26 Å². The van der Waals surface area contributed by atoms with Crippen LogP contribution in [0.1, 0.15) is 5.76 Å². The average molecular weight is 392 g/mol. The van der Waals surface area contributed by atoms with Crippen molar-refractivity contribution in [3.8, 4) is 5.75 Å². The van der Waals surface area contributed by atoms with Crippen molar-refractivity contribution in [1.29, 1.82) is 0 Å². The number of piperazine rings is 1. The van der Waals surface area contributed by atoms with Crippen molar-refractivity contribution in [3.63, 3.8) is 0 Å². The van der Waals surface area contributed by atoms with Gasteiger partial charge in [0.05, 0.1) is 6.54 Å². The molecule has 2 heterocycles. The summed E-state index contributed by atoms with van der Waals surface area (Å²) < 4.78 is 23.3. The number of carbonyl (C=O) groups excluding carboxylic acids is 1. The molecule has 28 heavy (non-hydrogen) atoms. The minimum Gasteiger partial charge on any atom is -0.491 e. The van der Waals surface area contributed by atoms with Crippen LogP contribution in [0.2, 0.25) is 0 Å². The monoisotopic (exact) mass is 392 g/mol. The van der Waals surface area contributed by atoms with Gasteiger partial charge in [-0.1, -0.05) is 5.16 Å². The molecule has 1 atom stereocenters. The van der Waals surface area contributed by atoms with Gasteiger partial charge in [-0.2, -0.15) is 0 Å². The van der Waals surface area contributed by atoms with E-state index in [2.05, 4.69) is 20.3 Å². The van der Waals surface area contributed by atoms with Gasteiger partial charge in [0.1, 0.15) is 30.0 Å². The van der Waals surface area contributed by atoms with Gasteiger partial charge < -0.3 is 19.7 Å². The summed E-state index contributed by atoms with van der Waals surface area (Å²) in [5, 5.41) is 16.6. The van der Waals surface area contributed by atoms with Gasteiger partial charge in [0, 0.05) is 38.8 Å². The quantitative estimate of drug-likeness (QED) is 0.696. The third-order valence-corrected chi connectivity index (χ3v) is 4.45. The molecule has 8 nitrogen and oxygen atoms in total. The number of nitrogens with one attached hydrogen (secondary N) is 1. The summed E-state index contributed by atoms with van der Waals surface area (Å²) in [5.74, 6) is 1.14. The molecule has 1 aliphatic heterocycles. The van der Waals surface area contributed by atoms with E-state index in [0.717, 1.165) is 26.2 Å². The molecule has 0 aliphatic carbocycles. The molecule has 1 aromatic heterocycles. The molecule has 1 fully saturated rings. The van der Waals surface area contributed by atoms with Gasteiger partial charge in [-0.3, -0.25) is 14.6 Å². The molecule has 1 aliphatic rings. The molecular formula is C19H25FN4O4. The number of amides is 1. The average Bonchev–Trinajstić information content (AvgIpc) is 3.07. The molecule has 0 bridgehead atoms. The summed E-state index contributed by atoms with van der Waals surface area (Å²) in [4.78, 5) is 16.3. The van der Waals surface area contributed by atoms with Crippen LogP contribution in [-0.4, -0.2) is 77.9 Å². The zero-order chi connectivity index (χ0) is 19.9. The molecule has 1 saturated heterocycles. The minimum atomic E-state index is -0.643. The normalized spacial score (nSPS) is 16.7. The van der Waals surface area contributed by atoms with Crippen LogP contribution in [0.15, 0.2) is 34.9 Å². The van der Waals surface area contributed by atoms with Gasteiger partial charge in [0.15, 0.2) is 5.82 Å². The van der Waals surface area contributed by atoms with E-state index in [1.54, 1.807) is 13.0 Å². The molecule has 0 saturated carbocycles. The first-order chi connectivity index (χ1) is 13.5. The van der Waals surface area contributed by atoms with Crippen molar-refractivity contribution in [2.75, 3.05) is 51.2 Å². The SMILES string of the molecule is Cc1cc(NC(=O)CN2CCN(C[C@@H](O)COc3ccc(F)cc3)CC2)no1. The van der Waals surface area contributed by atoms with Crippen molar-refractivity contribution in [3.05, 3.63) is 41.9 Å². The number of aliphatic hydroxyl groups excluding tert-OH is 1. The topological polar surface area (TPSA) is 91.1 Å². The summed E-state index contributed by atoms with van der Waals surface area (Å²) in [6, 6.07) is 7.38. The summed E-state index contributed by atoms with van der Waals surface area (Å²) >= 11 is 0. The minimum absolute atomic E-state index is 0.130. The molecule has 0 unspecified atom stereocenters. The van der Waals surface area contributed by atoms with Crippen LogP contribution in [0.3, 0.4) is 0 Å². The number of hydrogen-bond acceptors (Lipinski definition) is 7. The Balaban J connectivity index is 1.33. The lowest BCUT2D eigenvalue weighted by molar-refractivity contribution is -0.117. The second-order valence-electron chi connectivity index (χ2n) is 6.87. The number of aromatic nitrogens is 1. The Kier molecular flexibility index (Phi) is 6.96. The molecule has 2 N–H and O–H groups in total. The lowest BCUT2D eigenvalue weighted by atomic mass is 10.2. The van der Waals surface area contributed by atoms with Crippen molar-refractivity contribution >= 4 is 11.7 Å². The number of benzene rings is 1. The highest BCUT2D eigenvalue weighted by Gasteiger charge is 2.21. The predicted molar refractivity (Wildman–Crippen MR) is 101 cm³/mol. The molecule has 3 rings (SSSR count). The molecule has 2 aromatic rings. The van der Waals surface area contributed by atoms with Gasteiger partial charge in [0.2, 0.25) is 5.91 Å². The number of β-amino-alcohol motifs (C(OH)–C–C–N with tert-alkyl or cyclic N) is 1. The highest BCUT2D eigenvalue weighted by Crippen LogP contribution is 2.12. The zero-order valence-corrected chi connectivity index (χ0v) is 15.8. The van der Waals surface area contributed by atoms with Crippen LogP contribution < -0.4 is 10.1 Å². The van der Waals surface area contributed by atoms with Gasteiger partial charge in [-0.25, -0.2) is 4.39 Å². The number of carbonyl (C=O) groups is 1. The Morgan fingerprint density at radius 2 is 1.96 bits per heavy atom. The van der Waals surface area contributed by atoms with E-state index in [-0.39, 0.29) is 24.9 Å². The highest BCUT2D eigenvalue weighted by atomic mass is 19.1. The molecule has 0 radical (unpaired) electrons. The second-order valence-corrected chi connectivity index (χ2v) is 6.87. The molecule has 0 spiro atoms. The largest absolute Gasteiger partial charge is 0.491 e. The maximum Gasteiger partial charge on any atom is 0.239 e. The van der Waals surface area contributed by atoms with Gasteiger partial charge in [0.25, 0.3) is 0 Å². The third-order valence-electron chi connectivity index (χ3n) is 4.45. The highest BCUT2D eigenvalue weighted by molar-refractivity contribution is 5.91. The number of rotatable bonds is 8. The molecule has 1 amide bonds.